The molecule has 2 aromatic rings. The summed E-state index contributed by atoms with van der Waals surface area (Å²) in [7, 11) is 1.97. The molecule has 114 valence electrons. The molecule has 0 radical (unpaired) electrons. The summed E-state index contributed by atoms with van der Waals surface area (Å²) >= 11 is 1.56. The van der Waals surface area contributed by atoms with Crippen LogP contribution in [0.1, 0.15) is 18.3 Å². The molecule has 0 aliphatic heterocycles. The zero-order valence-corrected chi connectivity index (χ0v) is 13.6. The molecule has 21 heavy (non-hydrogen) atoms. The van der Waals surface area contributed by atoms with Gasteiger partial charge in [-0.25, -0.2) is 4.39 Å². The number of hydrogen-bond acceptors (Lipinski definition) is 3. The molecule has 0 saturated heterocycles. The highest BCUT2D eigenvalue weighted by Crippen LogP contribution is 2.22. The predicted molar refractivity (Wildman–Crippen MR) is 86.2 cm³/mol. The second-order valence-corrected chi connectivity index (χ2v) is 6.16. The average molecular weight is 307 g/mol. The Balaban J connectivity index is 1.99. The van der Waals surface area contributed by atoms with E-state index in [0.717, 1.165) is 24.4 Å². The minimum atomic E-state index is -0.144. The fourth-order valence-electron chi connectivity index (χ4n) is 2.34. The summed E-state index contributed by atoms with van der Waals surface area (Å²) in [4.78, 5) is 0.710. The molecule has 3 nitrogen and oxygen atoms in total. The molecule has 2 rings (SSSR count). The first kappa shape index (κ1) is 16.0. The van der Waals surface area contributed by atoms with Crippen LogP contribution in [0.3, 0.4) is 0 Å². The fourth-order valence-corrected chi connectivity index (χ4v) is 3.34. The normalized spacial score (nSPS) is 12.6. The predicted octanol–water partition coefficient (Wildman–Crippen LogP) is 3.18. The maximum absolute atomic E-state index is 13.7. The Morgan fingerprint density at radius 1 is 1.38 bits per heavy atom. The molecular formula is C16H22FN3S. The number of hydrogen-bond donors (Lipinski definition) is 1. The van der Waals surface area contributed by atoms with E-state index in [1.807, 2.05) is 30.8 Å². The topological polar surface area (TPSA) is 29.9 Å². The van der Waals surface area contributed by atoms with Gasteiger partial charge in [-0.1, -0.05) is 19.1 Å². The van der Waals surface area contributed by atoms with Crippen LogP contribution < -0.4 is 5.32 Å². The quantitative estimate of drug-likeness (QED) is 0.797. The van der Waals surface area contributed by atoms with Crippen molar-refractivity contribution in [3.63, 3.8) is 0 Å². The second kappa shape index (κ2) is 7.61. The summed E-state index contributed by atoms with van der Waals surface area (Å²) in [6.07, 6.45) is 0.895. The molecule has 0 fully saturated rings. The van der Waals surface area contributed by atoms with Crippen molar-refractivity contribution in [2.75, 3.05) is 12.3 Å². The Labute approximate surface area is 129 Å². The number of halogens is 1. The molecular weight excluding hydrogens is 285 g/mol. The summed E-state index contributed by atoms with van der Waals surface area (Å²) < 4.78 is 15.6. The molecule has 1 heterocycles. The number of thioether (sulfide) groups is 1. The van der Waals surface area contributed by atoms with Gasteiger partial charge in [0.05, 0.1) is 5.69 Å². The number of rotatable bonds is 7. The van der Waals surface area contributed by atoms with Gasteiger partial charge in [-0.3, -0.25) is 4.68 Å². The Morgan fingerprint density at radius 2 is 2.14 bits per heavy atom. The molecule has 0 aliphatic carbocycles. The van der Waals surface area contributed by atoms with Gasteiger partial charge >= 0.3 is 0 Å². The van der Waals surface area contributed by atoms with Crippen molar-refractivity contribution in [2.45, 2.75) is 31.2 Å². The molecule has 1 atom stereocenters. The van der Waals surface area contributed by atoms with E-state index in [1.165, 1.54) is 11.8 Å². The summed E-state index contributed by atoms with van der Waals surface area (Å²) in [6.45, 7) is 4.99. The standard InChI is InChI=1S/C16H22FN3S/c1-4-18-13(10-14-9-12(2)19-20(14)3)11-21-16-8-6-5-7-15(16)17/h5-9,13,18H,4,10-11H2,1-3H3. The van der Waals surface area contributed by atoms with Gasteiger partial charge in [0.2, 0.25) is 0 Å². The Morgan fingerprint density at radius 3 is 2.76 bits per heavy atom. The molecule has 1 unspecified atom stereocenters. The monoisotopic (exact) mass is 307 g/mol. The maximum Gasteiger partial charge on any atom is 0.136 e. The summed E-state index contributed by atoms with van der Waals surface area (Å²) in [5, 5.41) is 7.85. The van der Waals surface area contributed by atoms with E-state index in [-0.39, 0.29) is 5.82 Å². The van der Waals surface area contributed by atoms with Gasteiger partial charge in [0.15, 0.2) is 0 Å². The molecule has 0 aliphatic rings. The van der Waals surface area contributed by atoms with Gasteiger partial charge in [-0.05, 0) is 31.7 Å². The van der Waals surface area contributed by atoms with Crippen LogP contribution in [-0.2, 0) is 13.5 Å². The van der Waals surface area contributed by atoms with Crippen molar-refractivity contribution >= 4 is 11.8 Å². The second-order valence-electron chi connectivity index (χ2n) is 5.10. The number of likely N-dealkylation sites (N-methyl/N-ethyl adjacent to an activating group) is 1. The van der Waals surface area contributed by atoms with Gasteiger partial charge in [0, 0.05) is 35.9 Å². The largest absolute Gasteiger partial charge is 0.313 e. The van der Waals surface area contributed by atoms with Crippen LogP contribution in [0, 0.1) is 12.7 Å². The highest BCUT2D eigenvalue weighted by atomic mass is 32.2. The van der Waals surface area contributed by atoms with Gasteiger partial charge in [-0.2, -0.15) is 5.10 Å². The molecule has 0 amide bonds. The molecule has 5 heteroatoms. The van der Waals surface area contributed by atoms with Crippen molar-refractivity contribution in [1.29, 1.82) is 0 Å². The van der Waals surface area contributed by atoms with Crippen LogP contribution in [0.25, 0.3) is 0 Å². The molecule has 0 bridgehead atoms. The fraction of sp³-hybridized carbons (Fsp3) is 0.438. The van der Waals surface area contributed by atoms with Crippen molar-refractivity contribution in [3.05, 3.63) is 47.5 Å². The minimum absolute atomic E-state index is 0.144. The number of nitrogens with zero attached hydrogens (tertiary/aromatic N) is 2. The number of aromatic nitrogens is 2. The lowest BCUT2D eigenvalue weighted by molar-refractivity contribution is 0.548. The van der Waals surface area contributed by atoms with E-state index >= 15 is 0 Å². The van der Waals surface area contributed by atoms with Crippen LogP contribution in [0.4, 0.5) is 4.39 Å². The maximum atomic E-state index is 13.7. The van der Waals surface area contributed by atoms with Crippen molar-refractivity contribution in [1.82, 2.24) is 15.1 Å². The smallest absolute Gasteiger partial charge is 0.136 e. The summed E-state index contributed by atoms with van der Waals surface area (Å²) in [5.41, 5.74) is 2.23. The van der Waals surface area contributed by atoms with E-state index in [1.54, 1.807) is 17.8 Å². The summed E-state index contributed by atoms with van der Waals surface area (Å²) in [6, 6.07) is 9.34. The van der Waals surface area contributed by atoms with E-state index in [2.05, 4.69) is 23.4 Å². The molecule has 0 spiro atoms. The highest BCUT2D eigenvalue weighted by molar-refractivity contribution is 7.99. The van der Waals surface area contributed by atoms with Crippen molar-refractivity contribution in [3.8, 4) is 0 Å². The molecule has 1 aromatic heterocycles. The Bertz CT molecular complexity index is 583. The first-order chi connectivity index (χ1) is 10.1. The van der Waals surface area contributed by atoms with Crippen molar-refractivity contribution < 1.29 is 4.39 Å². The van der Waals surface area contributed by atoms with Crippen LogP contribution in [0.5, 0.6) is 0 Å². The van der Waals surface area contributed by atoms with Crippen LogP contribution in [0.2, 0.25) is 0 Å². The number of benzene rings is 1. The summed E-state index contributed by atoms with van der Waals surface area (Å²) in [5.74, 6) is 0.688. The SMILES string of the molecule is CCNC(CSc1ccccc1F)Cc1cc(C)nn1C. The first-order valence-electron chi connectivity index (χ1n) is 7.20. The van der Waals surface area contributed by atoms with Gasteiger partial charge in [0.25, 0.3) is 0 Å². The van der Waals surface area contributed by atoms with Gasteiger partial charge in [-0.15, -0.1) is 11.8 Å². The zero-order valence-electron chi connectivity index (χ0n) is 12.8. The lowest BCUT2D eigenvalue weighted by Crippen LogP contribution is -2.33. The van der Waals surface area contributed by atoms with E-state index in [4.69, 9.17) is 0 Å². The molecule has 1 N–H and O–H groups in total. The average Bonchev–Trinajstić information content (AvgIpc) is 2.76. The third kappa shape index (κ3) is 4.58. The lowest BCUT2D eigenvalue weighted by Gasteiger charge is -2.17. The van der Waals surface area contributed by atoms with E-state index < -0.39 is 0 Å². The lowest BCUT2D eigenvalue weighted by atomic mass is 10.1. The zero-order chi connectivity index (χ0) is 15.2. The highest BCUT2D eigenvalue weighted by Gasteiger charge is 2.13. The third-order valence-corrected chi connectivity index (χ3v) is 4.54. The van der Waals surface area contributed by atoms with Crippen molar-refractivity contribution in [2.24, 2.45) is 7.05 Å². The number of nitrogens with one attached hydrogen (secondary N) is 1. The first-order valence-corrected chi connectivity index (χ1v) is 8.19. The van der Waals surface area contributed by atoms with Crippen LogP contribution >= 0.6 is 11.8 Å². The van der Waals surface area contributed by atoms with E-state index in [0.29, 0.717) is 10.9 Å². The Hall–Kier alpha value is -1.33. The molecule has 1 aromatic carbocycles. The van der Waals surface area contributed by atoms with E-state index in [9.17, 15) is 4.39 Å². The Kier molecular flexibility index (Phi) is 5.82. The van der Waals surface area contributed by atoms with Crippen LogP contribution in [-0.4, -0.2) is 28.1 Å². The number of aryl methyl sites for hydroxylation is 2. The van der Waals surface area contributed by atoms with Gasteiger partial charge < -0.3 is 5.32 Å². The third-order valence-electron chi connectivity index (χ3n) is 3.32. The molecule has 0 saturated carbocycles. The minimum Gasteiger partial charge on any atom is -0.313 e. The van der Waals surface area contributed by atoms with Gasteiger partial charge in [0.1, 0.15) is 5.82 Å². The van der Waals surface area contributed by atoms with Crippen LogP contribution in [0.15, 0.2) is 35.2 Å².